The highest BCUT2D eigenvalue weighted by Crippen LogP contribution is 2.31. The summed E-state index contributed by atoms with van der Waals surface area (Å²) in [4.78, 5) is 20.6. The Morgan fingerprint density at radius 3 is 2.82 bits per heavy atom. The highest BCUT2D eigenvalue weighted by molar-refractivity contribution is 5.85. The van der Waals surface area contributed by atoms with Crippen LogP contribution < -0.4 is 15.0 Å². The van der Waals surface area contributed by atoms with E-state index in [4.69, 9.17) is 9.72 Å². The smallest absolute Gasteiger partial charge is 0.232 e. The maximum atomic E-state index is 9.82. The first kappa shape index (κ1) is 21.2. The molecule has 0 amide bonds. The van der Waals surface area contributed by atoms with Crippen molar-refractivity contribution < 1.29 is 9.84 Å². The molecule has 4 heterocycles. The van der Waals surface area contributed by atoms with Gasteiger partial charge in [-0.1, -0.05) is 0 Å². The molecule has 0 bridgehead atoms. The minimum Gasteiger partial charge on any atom is -0.496 e. The first-order chi connectivity index (χ1) is 16.0. The summed E-state index contributed by atoms with van der Waals surface area (Å²) >= 11 is 0. The van der Waals surface area contributed by atoms with Crippen LogP contribution in [0.4, 0.5) is 17.6 Å². The lowest BCUT2D eigenvalue weighted by Gasteiger charge is -2.24. The number of imidazole rings is 2. The van der Waals surface area contributed by atoms with Gasteiger partial charge in [0.05, 0.1) is 38.0 Å². The van der Waals surface area contributed by atoms with E-state index in [9.17, 15) is 5.11 Å². The van der Waals surface area contributed by atoms with Gasteiger partial charge in [-0.25, -0.2) is 9.97 Å². The maximum absolute atomic E-state index is 9.82. The summed E-state index contributed by atoms with van der Waals surface area (Å²) in [5.74, 6) is 2.64. The van der Waals surface area contributed by atoms with Crippen LogP contribution in [0.1, 0.15) is 24.0 Å². The fourth-order valence-electron chi connectivity index (χ4n) is 4.37. The van der Waals surface area contributed by atoms with Crippen LogP contribution in [0.25, 0.3) is 16.9 Å². The molecular formula is C23H28N8O2. The van der Waals surface area contributed by atoms with Gasteiger partial charge >= 0.3 is 0 Å². The minimum atomic E-state index is 0.0388. The van der Waals surface area contributed by atoms with Gasteiger partial charge in [-0.2, -0.15) is 9.97 Å². The van der Waals surface area contributed by atoms with Gasteiger partial charge in [0.1, 0.15) is 12.1 Å². The van der Waals surface area contributed by atoms with Gasteiger partial charge in [-0.15, -0.1) is 0 Å². The second-order valence-corrected chi connectivity index (χ2v) is 8.45. The van der Waals surface area contributed by atoms with Crippen molar-refractivity contribution in [2.45, 2.75) is 32.7 Å². The molecule has 172 valence electrons. The molecule has 0 spiro atoms. The molecule has 10 heteroatoms. The molecule has 3 aromatic heterocycles. The lowest BCUT2D eigenvalue weighted by Crippen LogP contribution is -2.33. The van der Waals surface area contributed by atoms with E-state index in [0.29, 0.717) is 11.8 Å². The second-order valence-electron chi connectivity index (χ2n) is 8.45. The number of benzene rings is 1. The van der Waals surface area contributed by atoms with Gasteiger partial charge in [0, 0.05) is 19.7 Å². The molecule has 0 saturated carbocycles. The van der Waals surface area contributed by atoms with Gasteiger partial charge in [0.2, 0.25) is 5.95 Å². The van der Waals surface area contributed by atoms with Crippen LogP contribution in [0, 0.1) is 13.8 Å². The molecule has 4 aromatic rings. The van der Waals surface area contributed by atoms with Gasteiger partial charge in [-0.3, -0.25) is 0 Å². The number of nitrogens with zero attached hydrogens (tertiary/aromatic N) is 7. The van der Waals surface area contributed by atoms with Gasteiger partial charge in [0.15, 0.2) is 22.8 Å². The van der Waals surface area contributed by atoms with Crippen LogP contribution in [-0.4, -0.2) is 60.5 Å². The maximum Gasteiger partial charge on any atom is 0.232 e. The number of anilines is 3. The summed E-state index contributed by atoms with van der Waals surface area (Å²) < 4.78 is 9.32. The zero-order valence-electron chi connectivity index (χ0n) is 19.3. The Labute approximate surface area is 191 Å². The van der Waals surface area contributed by atoms with Crippen LogP contribution in [0.3, 0.4) is 0 Å². The highest BCUT2D eigenvalue weighted by atomic mass is 16.5. The largest absolute Gasteiger partial charge is 0.496 e. The molecule has 1 aromatic carbocycles. The number of rotatable bonds is 6. The molecule has 1 aliphatic heterocycles. The van der Waals surface area contributed by atoms with Crippen molar-refractivity contribution >= 4 is 28.7 Å². The fraction of sp³-hybridized carbons (Fsp3) is 0.391. The number of fused-ring (bicyclic) bond motifs is 1. The van der Waals surface area contributed by atoms with Crippen LogP contribution >= 0.6 is 0 Å². The SMILES string of the molecule is COc1cc(-n2cnc(Nc3nc(N4CCC[C@H]4CO)c4ncn(C)c4n3)c2)cc(C)c1C. The topological polar surface area (TPSA) is 106 Å². The second kappa shape index (κ2) is 8.36. The zero-order valence-corrected chi connectivity index (χ0v) is 19.3. The standard InChI is InChI=1S/C23H28N8O2/c1-14-8-17(9-18(33-4)15(14)2)30-10-19(24-13-30)26-23-27-21-20(25-12-29(21)3)22(28-23)31-7-5-6-16(31)11-32/h8-10,12-13,16,32H,5-7,11H2,1-4H3,(H,26,27,28)/t16-/m0/s1. The highest BCUT2D eigenvalue weighted by Gasteiger charge is 2.28. The van der Waals surface area contributed by atoms with Crippen molar-refractivity contribution in [1.29, 1.82) is 0 Å². The first-order valence-corrected chi connectivity index (χ1v) is 11.0. The van der Waals surface area contributed by atoms with Crippen molar-refractivity contribution in [1.82, 2.24) is 29.1 Å². The number of hydrogen-bond acceptors (Lipinski definition) is 8. The third kappa shape index (κ3) is 3.76. The lowest BCUT2D eigenvalue weighted by atomic mass is 10.1. The van der Waals surface area contributed by atoms with Crippen LogP contribution in [0.15, 0.2) is 31.0 Å². The minimum absolute atomic E-state index is 0.0388. The molecule has 1 aliphatic rings. The molecule has 1 fully saturated rings. The molecule has 2 N–H and O–H groups in total. The van der Waals surface area contributed by atoms with E-state index < -0.39 is 0 Å². The normalized spacial score (nSPS) is 16.0. The summed E-state index contributed by atoms with van der Waals surface area (Å²) in [6.07, 6.45) is 7.32. The van der Waals surface area contributed by atoms with Gasteiger partial charge in [0.25, 0.3) is 0 Å². The summed E-state index contributed by atoms with van der Waals surface area (Å²) in [5.41, 5.74) is 4.68. The number of methoxy groups -OCH3 is 1. The van der Waals surface area contributed by atoms with Crippen LogP contribution in [0.2, 0.25) is 0 Å². The monoisotopic (exact) mass is 448 g/mol. The van der Waals surface area contributed by atoms with E-state index in [1.54, 1.807) is 19.8 Å². The Morgan fingerprint density at radius 2 is 2.03 bits per heavy atom. The number of ether oxygens (including phenoxy) is 1. The third-order valence-corrected chi connectivity index (χ3v) is 6.35. The van der Waals surface area contributed by atoms with Crippen molar-refractivity contribution in [2.24, 2.45) is 7.05 Å². The molecule has 1 atom stereocenters. The number of aliphatic hydroxyl groups is 1. The van der Waals surface area contributed by atoms with E-state index in [-0.39, 0.29) is 12.6 Å². The number of aliphatic hydroxyl groups excluding tert-OH is 1. The number of hydrogen-bond donors (Lipinski definition) is 2. The van der Waals surface area contributed by atoms with Crippen molar-refractivity contribution in [3.8, 4) is 11.4 Å². The number of nitrogens with one attached hydrogen (secondary N) is 1. The summed E-state index contributed by atoms with van der Waals surface area (Å²) in [6.45, 7) is 5.03. The van der Waals surface area contributed by atoms with Crippen molar-refractivity contribution in [3.63, 3.8) is 0 Å². The number of aryl methyl sites for hydroxylation is 2. The quantitative estimate of drug-likeness (QED) is 0.464. The van der Waals surface area contributed by atoms with E-state index in [0.717, 1.165) is 58.9 Å². The first-order valence-electron chi connectivity index (χ1n) is 11.0. The Bertz CT molecular complexity index is 1310. The fourth-order valence-corrected chi connectivity index (χ4v) is 4.37. The molecule has 5 rings (SSSR count). The van der Waals surface area contributed by atoms with Gasteiger partial charge in [-0.05, 0) is 43.9 Å². The lowest BCUT2D eigenvalue weighted by molar-refractivity contribution is 0.266. The molecule has 0 aliphatic carbocycles. The van der Waals surface area contributed by atoms with Crippen LogP contribution in [0.5, 0.6) is 5.75 Å². The van der Waals surface area contributed by atoms with Crippen molar-refractivity contribution in [3.05, 3.63) is 42.1 Å². The predicted octanol–water partition coefficient (Wildman–Crippen LogP) is 2.88. The molecule has 0 radical (unpaired) electrons. The zero-order chi connectivity index (χ0) is 23.1. The van der Waals surface area contributed by atoms with E-state index in [2.05, 4.69) is 38.2 Å². The Morgan fingerprint density at radius 1 is 1.18 bits per heavy atom. The average Bonchev–Trinajstić information content (AvgIpc) is 3.56. The molecule has 33 heavy (non-hydrogen) atoms. The van der Waals surface area contributed by atoms with E-state index >= 15 is 0 Å². The Balaban J connectivity index is 1.49. The summed E-state index contributed by atoms with van der Waals surface area (Å²) in [5, 5.41) is 13.1. The number of aromatic nitrogens is 6. The van der Waals surface area contributed by atoms with E-state index in [1.165, 1.54) is 0 Å². The van der Waals surface area contributed by atoms with Crippen molar-refractivity contribution in [2.75, 3.05) is 30.5 Å². The predicted molar refractivity (Wildman–Crippen MR) is 127 cm³/mol. The summed E-state index contributed by atoms with van der Waals surface area (Å²) in [6, 6.07) is 4.13. The molecular weight excluding hydrogens is 420 g/mol. The Hall–Kier alpha value is -3.66. The molecule has 0 unspecified atom stereocenters. The van der Waals surface area contributed by atoms with E-state index in [1.807, 2.05) is 35.4 Å². The third-order valence-electron chi connectivity index (χ3n) is 6.35. The van der Waals surface area contributed by atoms with Gasteiger partial charge < -0.3 is 29.2 Å². The molecule has 1 saturated heterocycles. The summed E-state index contributed by atoms with van der Waals surface area (Å²) in [7, 11) is 3.59. The Kier molecular flexibility index (Phi) is 5.37. The average molecular weight is 449 g/mol. The molecule has 10 nitrogen and oxygen atoms in total. The van der Waals surface area contributed by atoms with Crippen LogP contribution in [-0.2, 0) is 7.05 Å².